The van der Waals surface area contributed by atoms with Crippen molar-refractivity contribution in [2.24, 2.45) is 0 Å². The summed E-state index contributed by atoms with van der Waals surface area (Å²) in [5.41, 5.74) is 5.84. The Bertz CT molecular complexity index is 907. The van der Waals surface area contributed by atoms with E-state index in [-0.39, 0.29) is 0 Å². The van der Waals surface area contributed by atoms with Crippen LogP contribution in [0.1, 0.15) is 22.3 Å². The maximum Gasteiger partial charge on any atom is 0.161 e. The molecule has 3 aromatic rings. The normalized spacial score (nSPS) is 10.5. The van der Waals surface area contributed by atoms with Crippen LogP contribution in [0.5, 0.6) is 11.5 Å². The fourth-order valence-electron chi connectivity index (χ4n) is 2.89. The van der Waals surface area contributed by atoms with Gasteiger partial charge in [0.2, 0.25) is 0 Å². The summed E-state index contributed by atoms with van der Waals surface area (Å²) in [6, 6.07) is 20.1. The number of benzene rings is 3. The Balaban J connectivity index is 1.65. The molecule has 0 spiro atoms. The first kappa shape index (κ1) is 19.1. The molecule has 0 unspecified atom stereocenters. The van der Waals surface area contributed by atoms with Crippen LogP contribution in [0, 0.1) is 13.8 Å². The van der Waals surface area contributed by atoms with Crippen LogP contribution in [-0.2, 0) is 13.2 Å². The fourth-order valence-corrected chi connectivity index (χ4v) is 3.02. The largest absolute Gasteiger partial charge is 0.493 e. The Morgan fingerprint density at radius 2 is 1.59 bits per heavy atom. The lowest BCUT2D eigenvalue weighted by Gasteiger charge is -2.14. The van der Waals surface area contributed by atoms with E-state index in [1.165, 1.54) is 11.1 Å². The summed E-state index contributed by atoms with van der Waals surface area (Å²) in [7, 11) is 1.66. The van der Waals surface area contributed by atoms with Crippen LogP contribution in [0.25, 0.3) is 0 Å². The van der Waals surface area contributed by atoms with E-state index in [0.717, 1.165) is 39.9 Å². The van der Waals surface area contributed by atoms with Gasteiger partial charge in [-0.2, -0.15) is 0 Å². The topological polar surface area (TPSA) is 30.5 Å². The van der Waals surface area contributed by atoms with Gasteiger partial charge in [0.15, 0.2) is 11.5 Å². The maximum absolute atomic E-state index is 5.92. The molecule has 3 rings (SSSR count). The minimum atomic E-state index is 0.466. The number of ether oxygens (including phenoxy) is 2. The van der Waals surface area contributed by atoms with Gasteiger partial charge in [0.25, 0.3) is 0 Å². The fraction of sp³-hybridized carbons (Fsp3) is 0.217. The van der Waals surface area contributed by atoms with Gasteiger partial charge in [-0.15, -0.1) is 0 Å². The van der Waals surface area contributed by atoms with Crippen LogP contribution in [-0.4, -0.2) is 7.11 Å². The van der Waals surface area contributed by atoms with Gasteiger partial charge < -0.3 is 14.8 Å². The van der Waals surface area contributed by atoms with Gasteiger partial charge in [0.1, 0.15) is 6.61 Å². The van der Waals surface area contributed by atoms with Crippen molar-refractivity contribution in [3.63, 3.8) is 0 Å². The summed E-state index contributed by atoms with van der Waals surface area (Å²) >= 11 is 5.92. The number of nitrogens with one attached hydrogen (secondary N) is 1. The van der Waals surface area contributed by atoms with E-state index in [1.807, 2.05) is 36.4 Å². The van der Waals surface area contributed by atoms with Crippen LogP contribution in [0.2, 0.25) is 5.02 Å². The van der Waals surface area contributed by atoms with Crippen LogP contribution < -0.4 is 14.8 Å². The molecule has 0 aliphatic rings. The standard InChI is InChI=1S/C23H24ClNO2/c1-16-4-10-21(17(2)12-16)25-14-19-7-11-22(23(13-19)26-3)27-15-18-5-8-20(24)9-6-18/h4-13,25H,14-15H2,1-3H3. The molecule has 1 N–H and O–H groups in total. The van der Waals surface area contributed by atoms with Crippen molar-refractivity contribution in [2.75, 3.05) is 12.4 Å². The van der Waals surface area contributed by atoms with Crippen LogP contribution >= 0.6 is 11.6 Å². The van der Waals surface area contributed by atoms with E-state index in [0.29, 0.717) is 6.61 Å². The van der Waals surface area contributed by atoms with E-state index in [4.69, 9.17) is 21.1 Å². The Morgan fingerprint density at radius 1 is 0.852 bits per heavy atom. The molecule has 3 aromatic carbocycles. The predicted octanol–water partition coefficient (Wildman–Crippen LogP) is 6.16. The van der Waals surface area contributed by atoms with Crippen molar-refractivity contribution < 1.29 is 9.47 Å². The Labute approximate surface area is 165 Å². The molecule has 0 amide bonds. The summed E-state index contributed by atoms with van der Waals surface area (Å²) in [4.78, 5) is 0. The Morgan fingerprint density at radius 3 is 2.30 bits per heavy atom. The van der Waals surface area contributed by atoms with Crippen molar-refractivity contribution in [2.45, 2.75) is 27.0 Å². The molecule has 0 fully saturated rings. The molecule has 4 heteroatoms. The quantitative estimate of drug-likeness (QED) is 0.531. The first-order chi connectivity index (χ1) is 13.0. The van der Waals surface area contributed by atoms with Gasteiger partial charge in [-0.1, -0.05) is 47.5 Å². The lowest BCUT2D eigenvalue weighted by atomic mass is 10.1. The Kier molecular flexibility index (Phi) is 6.25. The van der Waals surface area contributed by atoms with E-state index in [2.05, 4.69) is 43.4 Å². The van der Waals surface area contributed by atoms with Crippen LogP contribution in [0.3, 0.4) is 0 Å². The number of halogens is 1. The van der Waals surface area contributed by atoms with E-state index in [1.54, 1.807) is 7.11 Å². The van der Waals surface area contributed by atoms with Gasteiger partial charge >= 0.3 is 0 Å². The van der Waals surface area contributed by atoms with Crippen molar-refractivity contribution in [1.29, 1.82) is 0 Å². The summed E-state index contributed by atoms with van der Waals surface area (Å²) in [5, 5.41) is 4.20. The zero-order valence-electron chi connectivity index (χ0n) is 15.9. The van der Waals surface area contributed by atoms with E-state index >= 15 is 0 Å². The predicted molar refractivity (Wildman–Crippen MR) is 112 cm³/mol. The zero-order chi connectivity index (χ0) is 19.2. The van der Waals surface area contributed by atoms with E-state index in [9.17, 15) is 0 Å². The molecule has 27 heavy (non-hydrogen) atoms. The summed E-state index contributed by atoms with van der Waals surface area (Å²) in [5.74, 6) is 1.45. The lowest BCUT2D eigenvalue weighted by molar-refractivity contribution is 0.284. The molecule has 0 aromatic heterocycles. The second kappa shape index (κ2) is 8.83. The second-order valence-corrected chi connectivity index (χ2v) is 7.01. The molecule has 0 heterocycles. The summed E-state index contributed by atoms with van der Waals surface area (Å²) in [6.07, 6.45) is 0. The zero-order valence-corrected chi connectivity index (χ0v) is 16.6. The third-order valence-corrected chi connectivity index (χ3v) is 4.65. The van der Waals surface area contributed by atoms with Gasteiger partial charge in [-0.05, 0) is 60.9 Å². The van der Waals surface area contributed by atoms with Crippen molar-refractivity contribution >= 4 is 17.3 Å². The average molecular weight is 382 g/mol. The van der Waals surface area contributed by atoms with Gasteiger partial charge in [0.05, 0.1) is 7.11 Å². The van der Waals surface area contributed by atoms with Crippen molar-refractivity contribution in [3.8, 4) is 11.5 Å². The highest BCUT2D eigenvalue weighted by molar-refractivity contribution is 6.30. The SMILES string of the molecule is COc1cc(CNc2ccc(C)cc2C)ccc1OCc1ccc(Cl)cc1. The summed E-state index contributed by atoms with van der Waals surface area (Å²) < 4.78 is 11.4. The summed E-state index contributed by atoms with van der Waals surface area (Å²) in [6.45, 7) is 5.40. The molecular formula is C23H24ClNO2. The molecular weight excluding hydrogens is 358 g/mol. The Hall–Kier alpha value is -2.65. The number of hydrogen-bond acceptors (Lipinski definition) is 3. The highest BCUT2D eigenvalue weighted by Crippen LogP contribution is 2.29. The van der Waals surface area contributed by atoms with Crippen molar-refractivity contribution in [1.82, 2.24) is 0 Å². The molecule has 0 radical (unpaired) electrons. The minimum Gasteiger partial charge on any atom is -0.493 e. The highest BCUT2D eigenvalue weighted by atomic mass is 35.5. The maximum atomic E-state index is 5.92. The molecule has 140 valence electrons. The minimum absolute atomic E-state index is 0.466. The third-order valence-electron chi connectivity index (χ3n) is 4.40. The van der Waals surface area contributed by atoms with Gasteiger partial charge in [0, 0.05) is 17.3 Å². The number of anilines is 1. The molecule has 0 aliphatic carbocycles. The lowest BCUT2D eigenvalue weighted by Crippen LogP contribution is -2.03. The first-order valence-electron chi connectivity index (χ1n) is 8.90. The van der Waals surface area contributed by atoms with Crippen LogP contribution in [0.15, 0.2) is 60.7 Å². The van der Waals surface area contributed by atoms with Gasteiger partial charge in [-0.25, -0.2) is 0 Å². The molecule has 0 atom stereocenters. The van der Waals surface area contributed by atoms with Crippen molar-refractivity contribution in [3.05, 3.63) is 87.9 Å². The average Bonchev–Trinajstić information content (AvgIpc) is 2.67. The number of aryl methyl sites for hydroxylation is 2. The molecule has 3 nitrogen and oxygen atoms in total. The molecule has 0 aliphatic heterocycles. The van der Waals surface area contributed by atoms with Crippen LogP contribution in [0.4, 0.5) is 5.69 Å². The molecule has 0 saturated carbocycles. The monoisotopic (exact) mass is 381 g/mol. The third kappa shape index (κ3) is 5.18. The highest BCUT2D eigenvalue weighted by Gasteiger charge is 2.07. The first-order valence-corrected chi connectivity index (χ1v) is 9.28. The number of rotatable bonds is 7. The smallest absolute Gasteiger partial charge is 0.161 e. The molecule has 0 saturated heterocycles. The van der Waals surface area contributed by atoms with E-state index < -0.39 is 0 Å². The second-order valence-electron chi connectivity index (χ2n) is 6.57. The number of methoxy groups -OCH3 is 1. The molecule has 0 bridgehead atoms. The number of hydrogen-bond donors (Lipinski definition) is 1. The van der Waals surface area contributed by atoms with Gasteiger partial charge in [-0.3, -0.25) is 0 Å².